The number of halogens is 1. The maximum Gasteiger partial charge on any atom is 0.418 e. The number of aryl methyl sites for hydroxylation is 2. The van der Waals surface area contributed by atoms with Crippen LogP contribution in [0.5, 0.6) is 5.75 Å². The first-order chi connectivity index (χ1) is 22.0. The van der Waals surface area contributed by atoms with Crippen LogP contribution in [0.25, 0.3) is 11.1 Å². The van der Waals surface area contributed by atoms with Crippen molar-refractivity contribution < 1.29 is 55.4 Å². The Bertz CT molecular complexity index is 1810. The fourth-order valence-corrected chi connectivity index (χ4v) is 5.78. The molecule has 4 N–H and O–H groups in total. The van der Waals surface area contributed by atoms with E-state index in [4.69, 9.17) is 19.9 Å². The molecule has 1 aliphatic heterocycles. The molecule has 19 heteroatoms. The minimum Gasteiger partial charge on any atom is -0.489 e. The van der Waals surface area contributed by atoms with Gasteiger partial charge in [-0.25, -0.2) is 14.2 Å². The number of carboxylic acid groups (broad SMARTS) is 1. The first kappa shape index (κ1) is 35.4. The van der Waals surface area contributed by atoms with E-state index < -0.39 is 70.2 Å². The topological polar surface area (TPSA) is 217 Å². The number of carbonyl (C=O) groups excluding carboxylic acids is 2. The lowest BCUT2D eigenvalue weighted by atomic mass is 9.74. The van der Waals surface area contributed by atoms with Gasteiger partial charge in [0.15, 0.2) is 23.7 Å². The number of nitrogen functional groups attached to an aromatic ring is 1. The monoisotopic (exact) mass is 697 g/mol. The predicted octanol–water partition coefficient (Wildman–Crippen LogP) is 2.14. The number of amides is 1. The van der Waals surface area contributed by atoms with E-state index in [1.165, 1.54) is 31.4 Å². The van der Waals surface area contributed by atoms with Crippen molar-refractivity contribution in [3.63, 3.8) is 0 Å². The first-order valence-electron chi connectivity index (χ1n) is 14.2. The molecule has 254 valence electrons. The largest absolute Gasteiger partial charge is 0.489 e. The molecule has 0 radical (unpaired) electrons. The van der Waals surface area contributed by atoms with Crippen molar-refractivity contribution in [3.05, 3.63) is 47.5 Å². The molecular formula is C28H34FN6O10S2+. The number of anilines is 1. The Kier molecular flexibility index (Phi) is 10.6. The Balaban J connectivity index is 1.47. The van der Waals surface area contributed by atoms with Gasteiger partial charge in [-0.15, -0.1) is 20.3 Å². The minimum absolute atomic E-state index is 0.0193. The number of benzene rings is 1. The number of carbonyl (C=O) groups is 3. The highest BCUT2D eigenvalue weighted by atomic mass is 32.3. The quantitative estimate of drug-likeness (QED) is 0.0645. The number of carboxylic acids is 1. The van der Waals surface area contributed by atoms with E-state index in [1.807, 2.05) is 22.6 Å². The fourth-order valence-electron chi connectivity index (χ4n) is 4.78. The lowest BCUT2D eigenvalue weighted by Crippen LogP contribution is -2.68. The third-order valence-corrected chi connectivity index (χ3v) is 8.43. The number of unbranched alkanes of at least 4 members (excludes halogenated alkanes) is 1. The number of ketones is 1. The van der Waals surface area contributed by atoms with Crippen LogP contribution >= 0.6 is 11.3 Å². The summed E-state index contributed by atoms with van der Waals surface area (Å²) in [7, 11) is -3.15. The molecule has 16 nitrogen and oxygen atoms in total. The molecule has 0 saturated carbocycles. The van der Waals surface area contributed by atoms with Gasteiger partial charge >= 0.3 is 16.4 Å². The summed E-state index contributed by atoms with van der Waals surface area (Å²) in [5, 5.41) is 15.3. The molecule has 2 aromatic heterocycles. The average Bonchev–Trinajstić information content (AvgIpc) is 3.58. The number of hydrogen-bond acceptors (Lipinski definition) is 12. The number of ether oxygens (including phenoxy) is 1. The molecule has 4 rings (SSSR count). The van der Waals surface area contributed by atoms with Crippen LogP contribution in [0.3, 0.4) is 0 Å². The van der Waals surface area contributed by atoms with Gasteiger partial charge in [-0.1, -0.05) is 18.5 Å². The van der Waals surface area contributed by atoms with Crippen LogP contribution in [0.1, 0.15) is 45.7 Å². The second-order valence-corrected chi connectivity index (χ2v) is 13.1. The van der Waals surface area contributed by atoms with Gasteiger partial charge in [-0.2, -0.15) is 18.2 Å². The summed E-state index contributed by atoms with van der Waals surface area (Å²) in [6.07, 6.45) is 3.31. The average molecular weight is 698 g/mol. The van der Waals surface area contributed by atoms with Crippen molar-refractivity contribution in [2.75, 3.05) is 12.3 Å². The molecule has 1 fully saturated rings. The number of thiazole rings is 1. The summed E-state index contributed by atoms with van der Waals surface area (Å²) in [5.41, 5.74) is 4.81. The molecule has 0 aliphatic carbocycles. The van der Waals surface area contributed by atoms with Crippen molar-refractivity contribution in [2.24, 2.45) is 18.1 Å². The van der Waals surface area contributed by atoms with Gasteiger partial charge in [0, 0.05) is 23.4 Å². The minimum atomic E-state index is -5.01. The highest BCUT2D eigenvalue weighted by Crippen LogP contribution is 2.40. The predicted molar refractivity (Wildman–Crippen MR) is 164 cm³/mol. The molecular weight excluding hydrogens is 663 g/mol. The van der Waals surface area contributed by atoms with Crippen LogP contribution < -0.4 is 15.2 Å². The maximum atomic E-state index is 15.1. The Morgan fingerprint density at radius 2 is 2.04 bits per heavy atom. The van der Waals surface area contributed by atoms with Crippen molar-refractivity contribution in [3.8, 4) is 16.9 Å². The van der Waals surface area contributed by atoms with Gasteiger partial charge in [-0.05, 0) is 32.4 Å². The van der Waals surface area contributed by atoms with Crippen LogP contribution in [-0.2, 0) is 47.5 Å². The van der Waals surface area contributed by atoms with Crippen LogP contribution in [0.4, 0.5) is 9.52 Å². The van der Waals surface area contributed by atoms with Crippen molar-refractivity contribution in [1.29, 1.82) is 0 Å². The van der Waals surface area contributed by atoms with E-state index in [1.54, 1.807) is 6.20 Å². The molecule has 0 bridgehead atoms. The summed E-state index contributed by atoms with van der Waals surface area (Å²) < 4.78 is 59.9. The van der Waals surface area contributed by atoms with E-state index >= 15 is 4.39 Å². The van der Waals surface area contributed by atoms with Crippen molar-refractivity contribution in [2.45, 2.75) is 58.2 Å². The number of oxime groups is 1. The summed E-state index contributed by atoms with van der Waals surface area (Å²) in [6.45, 7) is 5.04. The number of hydrogen-bond donors (Lipinski definition) is 3. The second-order valence-electron chi connectivity index (χ2n) is 11.2. The molecule has 3 aromatic rings. The highest BCUT2D eigenvalue weighted by molar-refractivity contribution is 7.80. The zero-order chi connectivity index (χ0) is 34.7. The normalized spacial score (nSPS) is 16.9. The molecule has 3 heterocycles. The molecule has 0 unspecified atom stereocenters. The molecule has 0 spiro atoms. The van der Waals surface area contributed by atoms with Gasteiger partial charge in [0.2, 0.25) is 6.20 Å². The summed E-state index contributed by atoms with van der Waals surface area (Å²) in [5.74, 6) is -4.91. The second kappa shape index (κ2) is 14.1. The van der Waals surface area contributed by atoms with E-state index in [2.05, 4.69) is 21.3 Å². The van der Waals surface area contributed by atoms with Crippen LogP contribution in [0.15, 0.2) is 41.1 Å². The van der Waals surface area contributed by atoms with Crippen LogP contribution in [-0.4, -0.2) is 74.4 Å². The number of hydroxylamine groups is 2. The molecule has 1 aliphatic rings. The van der Waals surface area contributed by atoms with Gasteiger partial charge in [0.25, 0.3) is 12.0 Å². The van der Waals surface area contributed by atoms with Crippen molar-refractivity contribution >= 4 is 50.2 Å². The molecule has 1 amide bonds. The molecule has 1 saturated heterocycles. The van der Waals surface area contributed by atoms with E-state index in [0.717, 1.165) is 36.8 Å². The number of nitrogens with zero attached hydrogens (tertiary/aromatic N) is 5. The smallest absolute Gasteiger partial charge is 0.418 e. The van der Waals surface area contributed by atoms with E-state index in [0.29, 0.717) is 16.2 Å². The number of Topliss-reactive ketones (excluding diaryl/α,β-unsaturated/α-hetero) is 1. The van der Waals surface area contributed by atoms with E-state index in [-0.39, 0.29) is 16.6 Å². The number of aliphatic carboxylic acids is 1. The number of rotatable bonds is 16. The summed E-state index contributed by atoms with van der Waals surface area (Å²) in [6, 6.07) is 4.09. The summed E-state index contributed by atoms with van der Waals surface area (Å²) >= 11 is 0.959. The van der Waals surface area contributed by atoms with Crippen molar-refractivity contribution in [1.82, 2.24) is 14.7 Å². The van der Waals surface area contributed by atoms with Gasteiger partial charge in [-0.3, -0.25) is 14.1 Å². The summed E-state index contributed by atoms with van der Waals surface area (Å²) in [4.78, 5) is 47.0. The first-order valence-corrected chi connectivity index (χ1v) is 16.5. The lowest BCUT2D eigenvalue weighted by Gasteiger charge is -2.50. The van der Waals surface area contributed by atoms with E-state index in [9.17, 15) is 27.9 Å². The van der Waals surface area contributed by atoms with Crippen LogP contribution in [0.2, 0.25) is 0 Å². The van der Waals surface area contributed by atoms with Gasteiger partial charge < -0.3 is 20.4 Å². The Morgan fingerprint density at radius 3 is 2.62 bits per heavy atom. The molecule has 2 atom stereocenters. The lowest BCUT2D eigenvalue weighted by molar-refractivity contribution is -0.753. The standard InChI is InChI=1S/C28H33FN6O10S2/c1-5-6-9-34-13-16(12-33(34)4)18-8-7-17(10-20(18)29)43-14-23(26(38)39)44-32-24(21-15-46-27(30)31-21)22(36)11-19-25(37)35(28(19,2)3)45-47(40,41)42/h7-8,10,12-13,15,19,23H,5-6,9,11,14H2,1-4H3,(H3-,30,31,38,39,40,41,42)/p+1/b32-24-/t19-,23+/m1/s1. The zero-order valence-electron chi connectivity index (χ0n) is 25.8. The van der Waals surface area contributed by atoms with Crippen LogP contribution in [0, 0.1) is 11.7 Å². The highest BCUT2D eigenvalue weighted by Gasteiger charge is 2.57. The maximum absolute atomic E-state index is 15.1. The van der Waals surface area contributed by atoms with Gasteiger partial charge in [0.05, 0.1) is 29.8 Å². The third kappa shape index (κ3) is 8.28. The zero-order valence-corrected chi connectivity index (χ0v) is 27.5. The SMILES string of the molecule is CCCCn1cc(-c2ccc(OC[C@H](O/N=C(\C(=O)C[C@@H]3C(=O)N(OS(=O)(=O)O)C3(C)C)c3csc(N)n3)C(=O)O)cc2F)c[n+]1C. The van der Waals surface area contributed by atoms with Gasteiger partial charge in [0.1, 0.15) is 23.9 Å². The Morgan fingerprint density at radius 1 is 1.32 bits per heavy atom. The third-order valence-electron chi connectivity index (χ3n) is 7.42. The number of β-lactam (4-membered cyclic amide) rings is 1. The molecule has 1 aromatic carbocycles. The molecule has 47 heavy (non-hydrogen) atoms. The fraction of sp³-hybridized carbons (Fsp3) is 0.429. The number of aromatic nitrogens is 3. The Labute approximate surface area is 273 Å². The Hall–Kier alpha value is -4.46. The number of nitrogens with two attached hydrogens (primary N) is 1.